The van der Waals surface area contributed by atoms with Crippen LogP contribution in [0.5, 0.6) is 0 Å². The lowest BCUT2D eigenvalue weighted by molar-refractivity contribution is -0.116. The van der Waals surface area contributed by atoms with Crippen molar-refractivity contribution in [2.45, 2.75) is 26.3 Å². The quantitative estimate of drug-likeness (QED) is 0.366. The largest absolute Gasteiger partial charge is 0.441 e. The first-order valence-electron chi connectivity index (χ1n) is 10.8. The van der Waals surface area contributed by atoms with Gasteiger partial charge in [-0.1, -0.05) is 23.7 Å². The summed E-state index contributed by atoms with van der Waals surface area (Å²) in [6, 6.07) is 17.8. The molecule has 2 amide bonds. The average Bonchev–Trinajstić information content (AvgIpc) is 3.23. The summed E-state index contributed by atoms with van der Waals surface area (Å²) in [6.45, 7) is 2.02. The van der Waals surface area contributed by atoms with E-state index in [1.165, 1.54) is 0 Å². The molecule has 2 aromatic heterocycles. The minimum absolute atomic E-state index is 0.0878. The summed E-state index contributed by atoms with van der Waals surface area (Å²) in [5.74, 6) is 0.712. The molecule has 4 aromatic rings. The van der Waals surface area contributed by atoms with Crippen LogP contribution < -0.4 is 10.6 Å². The number of carbonyl (C=O) groups excluding carboxylic acids is 2. The van der Waals surface area contributed by atoms with Gasteiger partial charge in [0, 0.05) is 40.7 Å². The van der Waals surface area contributed by atoms with Gasteiger partial charge in [0.15, 0.2) is 0 Å². The van der Waals surface area contributed by atoms with Crippen LogP contribution >= 0.6 is 11.6 Å². The maximum absolute atomic E-state index is 12.4. The predicted octanol–water partition coefficient (Wildman–Crippen LogP) is 5.20. The van der Waals surface area contributed by atoms with Gasteiger partial charge in [0.1, 0.15) is 11.5 Å². The number of hydrogen-bond donors (Lipinski definition) is 2. The van der Waals surface area contributed by atoms with Gasteiger partial charge in [-0.15, -0.1) is 0 Å². The van der Waals surface area contributed by atoms with E-state index in [9.17, 15) is 9.59 Å². The van der Waals surface area contributed by atoms with Crippen molar-refractivity contribution in [2.75, 3.05) is 5.32 Å². The summed E-state index contributed by atoms with van der Waals surface area (Å²) in [7, 11) is 0. The van der Waals surface area contributed by atoms with Crippen LogP contribution in [0.15, 0.2) is 77.5 Å². The standard InChI is InChI=1S/C26H23ClN4O3/c1-17-23(16-29-25(33)19-8-10-21(27)11-9-19)31-26(34-17)20-5-2-6-22(14-20)30-24(32)12-7-18-4-3-13-28-15-18/h2-6,8-11,13-15H,7,12,16H2,1H3,(H,29,33)(H,30,32). The van der Waals surface area contributed by atoms with Crippen molar-refractivity contribution < 1.29 is 14.0 Å². The normalized spacial score (nSPS) is 10.6. The van der Waals surface area contributed by atoms with E-state index in [-0.39, 0.29) is 18.4 Å². The third kappa shape index (κ3) is 6.08. The first-order valence-corrected chi connectivity index (χ1v) is 11.1. The second-order valence-corrected chi connectivity index (χ2v) is 8.14. The zero-order valence-corrected chi connectivity index (χ0v) is 19.3. The number of carbonyl (C=O) groups is 2. The van der Waals surface area contributed by atoms with Crippen LogP contribution in [0.25, 0.3) is 11.5 Å². The Hall–Kier alpha value is -3.97. The number of amides is 2. The zero-order valence-electron chi connectivity index (χ0n) is 18.5. The van der Waals surface area contributed by atoms with Gasteiger partial charge in [-0.2, -0.15) is 0 Å². The van der Waals surface area contributed by atoms with Crippen molar-refractivity contribution in [3.63, 3.8) is 0 Å². The molecule has 2 aromatic carbocycles. The van der Waals surface area contributed by atoms with Crippen LogP contribution in [0.3, 0.4) is 0 Å². The maximum Gasteiger partial charge on any atom is 0.251 e. The fourth-order valence-corrected chi connectivity index (χ4v) is 3.47. The average molecular weight is 475 g/mol. The molecule has 8 heteroatoms. The Morgan fingerprint density at radius 2 is 1.88 bits per heavy atom. The molecule has 34 heavy (non-hydrogen) atoms. The molecule has 0 aliphatic carbocycles. The predicted molar refractivity (Wildman–Crippen MR) is 130 cm³/mol. The first-order chi connectivity index (χ1) is 16.5. The minimum Gasteiger partial charge on any atom is -0.441 e. The van der Waals surface area contributed by atoms with Crippen molar-refractivity contribution in [2.24, 2.45) is 0 Å². The Balaban J connectivity index is 1.37. The molecule has 7 nitrogen and oxygen atoms in total. The molecule has 0 saturated carbocycles. The number of pyridine rings is 1. The highest BCUT2D eigenvalue weighted by Gasteiger charge is 2.14. The van der Waals surface area contributed by atoms with Crippen LogP contribution in [0.1, 0.15) is 33.8 Å². The molecular weight excluding hydrogens is 452 g/mol. The highest BCUT2D eigenvalue weighted by molar-refractivity contribution is 6.30. The van der Waals surface area contributed by atoms with E-state index >= 15 is 0 Å². The Morgan fingerprint density at radius 3 is 2.65 bits per heavy atom. The lowest BCUT2D eigenvalue weighted by atomic mass is 10.1. The molecule has 0 fully saturated rings. The molecule has 0 radical (unpaired) electrons. The summed E-state index contributed by atoms with van der Waals surface area (Å²) in [4.78, 5) is 33.3. The summed E-state index contributed by atoms with van der Waals surface area (Å²) in [5.41, 5.74) is 3.53. The molecule has 172 valence electrons. The van der Waals surface area contributed by atoms with Crippen LogP contribution in [0.4, 0.5) is 5.69 Å². The number of aromatic nitrogens is 2. The number of hydrogen-bond acceptors (Lipinski definition) is 5. The van der Waals surface area contributed by atoms with Crippen molar-refractivity contribution >= 4 is 29.1 Å². The van der Waals surface area contributed by atoms with Gasteiger partial charge in [-0.05, 0) is 67.4 Å². The number of rotatable bonds is 8. The summed E-state index contributed by atoms with van der Waals surface area (Å²) in [6.07, 6.45) is 4.43. The van der Waals surface area contributed by atoms with Gasteiger partial charge in [-0.25, -0.2) is 4.98 Å². The van der Waals surface area contributed by atoms with Crippen LogP contribution in [0, 0.1) is 6.92 Å². The number of anilines is 1. The Morgan fingerprint density at radius 1 is 1.06 bits per heavy atom. The smallest absolute Gasteiger partial charge is 0.251 e. The van der Waals surface area contributed by atoms with Crippen LogP contribution in [0.2, 0.25) is 5.02 Å². The molecule has 2 N–H and O–H groups in total. The van der Waals surface area contributed by atoms with E-state index in [2.05, 4.69) is 20.6 Å². The highest BCUT2D eigenvalue weighted by atomic mass is 35.5. The molecular formula is C26H23ClN4O3. The molecule has 2 heterocycles. The van der Waals surface area contributed by atoms with Gasteiger partial charge < -0.3 is 15.1 Å². The molecule has 0 spiro atoms. The molecule has 4 rings (SSSR count). The number of oxazole rings is 1. The second kappa shape index (κ2) is 10.8. The number of benzene rings is 2. The van der Waals surface area contributed by atoms with E-state index in [4.69, 9.17) is 16.0 Å². The van der Waals surface area contributed by atoms with Gasteiger partial charge in [-0.3, -0.25) is 14.6 Å². The minimum atomic E-state index is -0.225. The molecule has 0 bridgehead atoms. The van der Waals surface area contributed by atoms with Crippen molar-refractivity contribution in [1.82, 2.24) is 15.3 Å². The van der Waals surface area contributed by atoms with Crippen LogP contribution in [-0.4, -0.2) is 21.8 Å². The number of nitrogens with one attached hydrogen (secondary N) is 2. The van der Waals surface area contributed by atoms with Crippen molar-refractivity contribution in [3.8, 4) is 11.5 Å². The van der Waals surface area contributed by atoms with E-state index in [0.717, 1.165) is 11.1 Å². The lowest BCUT2D eigenvalue weighted by Gasteiger charge is -2.06. The Kier molecular flexibility index (Phi) is 7.34. The van der Waals surface area contributed by atoms with E-state index in [0.29, 0.717) is 46.5 Å². The van der Waals surface area contributed by atoms with E-state index in [1.54, 1.807) is 43.6 Å². The van der Waals surface area contributed by atoms with E-state index in [1.807, 2.05) is 36.4 Å². The topological polar surface area (TPSA) is 97.1 Å². The van der Waals surface area contributed by atoms with Gasteiger partial charge in [0.05, 0.1) is 6.54 Å². The first kappa shape index (κ1) is 23.2. The van der Waals surface area contributed by atoms with Crippen LogP contribution in [-0.2, 0) is 17.8 Å². The van der Waals surface area contributed by atoms with Gasteiger partial charge >= 0.3 is 0 Å². The summed E-state index contributed by atoms with van der Waals surface area (Å²) >= 11 is 5.87. The van der Waals surface area contributed by atoms with Crippen molar-refractivity contribution in [1.29, 1.82) is 0 Å². The molecule has 0 atom stereocenters. The van der Waals surface area contributed by atoms with Gasteiger partial charge in [0.25, 0.3) is 5.91 Å². The zero-order chi connectivity index (χ0) is 23.9. The van der Waals surface area contributed by atoms with Crippen molar-refractivity contribution in [3.05, 3.63) is 101 Å². The molecule has 0 unspecified atom stereocenters. The number of nitrogens with zero attached hydrogens (tertiary/aromatic N) is 2. The molecule has 0 aliphatic rings. The third-order valence-electron chi connectivity index (χ3n) is 5.17. The van der Waals surface area contributed by atoms with E-state index < -0.39 is 0 Å². The maximum atomic E-state index is 12.4. The Labute approximate surface area is 202 Å². The monoisotopic (exact) mass is 474 g/mol. The lowest BCUT2D eigenvalue weighted by Crippen LogP contribution is -2.23. The SMILES string of the molecule is Cc1oc(-c2cccc(NC(=O)CCc3cccnc3)c2)nc1CNC(=O)c1ccc(Cl)cc1. The molecule has 0 saturated heterocycles. The number of aryl methyl sites for hydroxylation is 2. The fraction of sp³-hybridized carbons (Fsp3) is 0.154. The second-order valence-electron chi connectivity index (χ2n) is 7.70. The highest BCUT2D eigenvalue weighted by Crippen LogP contribution is 2.24. The fourth-order valence-electron chi connectivity index (χ4n) is 3.34. The summed E-state index contributed by atoms with van der Waals surface area (Å²) in [5, 5.41) is 6.32. The Bertz CT molecular complexity index is 1290. The van der Waals surface area contributed by atoms with Gasteiger partial charge in [0.2, 0.25) is 11.8 Å². The third-order valence-corrected chi connectivity index (χ3v) is 5.42. The molecule has 0 aliphatic heterocycles. The number of halogens is 1. The summed E-state index contributed by atoms with van der Waals surface area (Å²) < 4.78 is 5.82.